The van der Waals surface area contributed by atoms with Gasteiger partial charge in [0.15, 0.2) is 5.78 Å². The van der Waals surface area contributed by atoms with Crippen molar-refractivity contribution < 1.29 is 18.3 Å². The van der Waals surface area contributed by atoms with Crippen LogP contribution in [0.4, 0.5) is 8.78 Å². The second kappa shape index (κ2) is 8.09. The summed E-state index contributed by atoms with van der Waals surface area (Å²) in [6, 6.07) is 8.13. The van der Waals surface area contributed by atoms with Gasteiger partial charge in [-0.1, -0.05) is 11.8 Å². The van der Waals surface area contributed by atoms with Gasteiger partial charge in [-0.25, -0.2) is 4.68 Å². The van der Waals surface area contributed by atoms with Gasteiger partial charge in [-0.15, -0.1) is 5.10 Å². The van der Waals surface area contributed by atoms with Crippen LogP contribution in [0.5, 0.6) is 5.75 Å². The van der Waals surface area contributed by atoms with E-state index in [0.717, 1.165) is 17.1 Å². The Bertz CT molecular complexity index is 985. The van der Waals surface area contributed by atoms with Gasteiger partial charge in [0.1, 0.15) is 5.75 Å². The van der Waals surface area contributed by atoms with Gasteiger partial charge >= 0.3 is 6.61 Å². The Kier molecular flexibility index (Phi) is 5.78. The Labute approximate surface area is 164 Å². The molecule has 0 aliphatic heterocycles. The fraction of sp³-hybridized carbons (Fsp3) is 0.333. The standard InChI is InChI=1S/C18H19F2N5O2S/c1-10-9-15(16(26)12(3)28-18-21-22-23-24(18)4)11(2)25(10)13-5-7-14(8-6-13)27-17(19)20/h5-9,12,17H,1-4H3/t12-/m0/s1. The van der Waals surface area contributed by atoms with E-state index in [1.165, 1.54) is 28.6 Å². The number of hydrogen-bond donors (Lipinski definition) is 0. The first-order valence-corrected chi connectivity index (χ1v) is 9.33. The molecule has 2 aromatic heterocycles. The highest BCUT2D eigenvalue weighted by Crippen LogP contribution is 2.28. The van der Waals surface area contributed by atoms with Crippen LogP contribution in [0, 0.1) is 13.8 Å². The van der Waals surface area contributed by atoms with Gasteiger partial charge < -0.3 is 9.30 Å². The number of benzene rings is 1. The number of alkyl halides is 2. The van der Waals surface area contributed by atoms with Crippen LogP contribution < -0.4 is 4.74 Å². The second-order valence-electron chi connectivity index (χ2n) is 6.20. The van der Waals surface area contributed by atoms with E-state index >= 15 is 0 Å². The van der Waals surface area contributed by atoms with Crippen LogP contribution >= 0.6 is 11.8 Å². The zero-order valence-corrected chi connectivity index (χ0v) is 16.6. The van der Waals surface area contributed by atoms with Crippen molar-refractivity contribution in [2.24, 2.45) is 7.05 Å². The Morgan fingerprint density at radius 1 is 1.21 bits per heavy atom. The Morgan fingerprint density at radius 2 is 1.89 bits per heavy atom. The van der Waals surface area contributed by atoms with Crippen molar-refractivity contribution >= 4 is 17.5 Å². The van der Waals surface area contributed by atoms with Crippen LogP contribution in [0.2, 0.25) is 0 Å². The number of nitrogens with zero attached hydrogens (tertiary/aromatic N) is 5. The average molecular weight is 407 g/mol. The monoisotopic (exact) mass is 407 g/mol. The highest BCUT2D eigenvalue weighted by molar-refractivity contribution is 8.00. The fourth-order valence-electron chi connectivity index (χ4n) is 2.94. The van der Waals surface area contributed by atoms with E-state index in [1.807, 2.05) is 31.4 Å². The molecule has 3 rings (SSSR count). The van der Waals surface area contributed by atoms with Gasteiger partial charge in [0.25, 0.3) is 0 Å². The van der Waals surface area contributed by atoms with Gasteiger partial charge in [-0.05, 0) is 61.5 Å². The number of ether oxygens (including phenoxy) is 1. The molecule has 0 unspecified atom stereocenters. The highest BCUT2D eigenvalue weighted by Gasteiger charge is 2.24. The van der Waals surface area contributed by atoms with Gasteiger partial charge in [0, 0.05) is 29.7 Å². The maximum Gasteiger partial charge on any atom is 0.387 e. The van der Waals surface area contributed by atoms with Gasteiger partial charge in [-0.3, -0.25) is 4.79 Å². The molecule has 0 bridgehead atoms. The lowest BCUT2D eigenvalue weighted by Crippen LogP contribution is -2.15. The topological polar surface area (TPSA) is 74.8 Å². The molecule has 10 heteroatoms. The van der Waals surface area contributed by atoms with E-state index in [1.54, 1.807) is 19.2 Å². The molecule has 3 aromatic rings. The third-order valence-electron chi connectivity index (χ3n) is 4.25. The molecule has 7 nitrogen and oxygen atoms in total. The summed E-state index contributed by atoms with van der Waals surface area (Å²) in [5, 5.41) is 11.4. The minimum absolute atomic E-state index is 0.0370. The molecule has 0 fully saturated rings. The van der Waals surface area contributed by atoms with E-state index in [4.69, 9.17) is 0 Å². The maximum atomic E-state index is 13.0. The van der Waals surface area contributed by atoms with E-state index < -0.39 is 6.61 Å². The molecule has 0 radical (unpaired) electrons. The van der Waals surface area contributed by atoms with Crippen LogP contribution in [0.3, 0.4) is 0 Å². The molecule has 2 heterocycles. The molecule has 28 heavy (non-hydrogen) atoms. The quantitative estimate of drug-likeness (QED) is 0.440. The molecule has 0 N–H and O–H groups in total. The molecule has 1 atom stereocenters. The Balaban J connectivity index is 1.85. The minimum Gasteiger partial charge on any atom is -0.435 e. The van der Waals surface area contributed by atoms with Gasteiger partial charge in [-0.2, -0.15) is 8.78 Å². The first-order valence-electron chi connectivity index (χ1n) is 8.45. The maximum absolute atomic E-state index is 13.0. The van der Waals surface area contributed by atoms with E-state index in [-0.39, 0.29) is 16.8 Å². The average Bonchev–Trinajstić information content (AvgIpc) is 3.17. The van der Waals surface area contributed by atoms with Crippen LogP contribution in [0.15, 0.2) is 35.5 Å². The summed E-state index contributed by atoms with van der Waals surface area (Å²) >= 11 is 1.29. The predicted octanol–water partition coefficient (Wildman–Crippen LogP) is 3.58. The molecule has 0 saturated heterocycles. The molecule has 0 saturated carbocycles. The summed E-state index contributed by atoms with van der Waals surface area (Å²) < 4.78 is 32.4. The molecule has 0 aliphatic carbocycles. The molecule has 0 spiro atoms. The smallest absolute Gasteiger partial charge is 0.387 e. The molecular formula is C18H19F2N5O2S. The van der Waals surface area contributed by atoms with Gasteiger partial charge in [0.05, 0.1) is 5.25 Å². The molecular weight excluding hydrogens is 388 g/mol. The molecule has 148 valence electrons. The number of carbonyl (C=O) groups excluding carboxylic acids is 1. The SMILES string of the molecule is Cc1cc(C(=O)[C@H](C)Sc2nnnn2C)c(C)n1-c1ccc(OC(F)F)cc1. The van der Waals surface area contributed by atoms with Crippen molar-refractivity contribution in [3.63, 3.8) is 0 Å². The lowest BCUT2D eigenvalue weighted by atomic mass is 10.1. The zero-order chi connectivity index (χ0) is 20.4. The second-order valence-corrected chi connectivity index (χ2v) is 7.51. The summed E-state index contributed by atoms with van der Waals surface area (Å²) in [7, 11) is 1.72. The molecule has 1 aromatic carbocycles. The normalized spacial score (nSPS) is 12.4. The molecule has 0 aliphatic rings. The number of halogens is 2. The van der Waals surface area contributed by atoms with Crippen LogP contribution in [0.1, 0.15) is 28.7 Å². The number of Topliss-reactive ketones (excluding diaryl/α,β-unsaturated/α-hetero) is 1. The third-order valence-corrected chi connectivity index (χ3v) is 5.37. The lowest BCUT2D eigenvalue weighted by Gasteiger charge is -2.12. The fourth-order valence-corrected chi connectivity index (χ4v) is 3.76. The number of rotatable bonds is 7. The molecule has 0 amide bonds. The van der Waals surface area contributed by atoms with E-state index in [9.17, 15) is 13.6 Å². The van der Waals surface area contributed by atoms with Crippen molar-refractivity contribution in [2.75, 3.05) is 0 Å². The minimum atomic E-state index is -2.87. The largest absolute Gasteiger partial charge is 0.435 e. The number of ketones is 1. The van der Waals surface area contributed by atoms with Crippen molar-refractivity contribution in [1.29, 1.82) is 0 Å². The van der Waals surface area contributed by atoms with E-state index in [0.29, 0.717) is 10.7 Å². The Hall–Kier alpha value is -2.75. The number of hydrogen-bond acceptors (Lipinski definition) is 6. The summed E-state index contributed by atoms with van der Waals surface area (Å²) in [6.45, 7) is 2.68. The number of tetrazole rings is 1. The van der Waals surface area contributed by atoms with E-state index in [2.05, 4.69) is 20.3 Å². The third kappa shape index (κ3) is 4.06. The number of thioether (sulfide) groups is 1. The number of carbonyl (C=O) groups is 1. The zero-order valence-electron chi connectivity index (χ0n) is 15.8. The highest BCUT2D eigenvalue weighted by atomic mass is 32.2. The Morgan fingerprint density at radius 3 is 2.46 bits per heavy atom. The number of aromatic nitrogens is 5. The summed E-state index contributed by atoms with van der Waals surface area (Å²) in [5.41, 5.74) is 2.99. The van der Waals surface area contributed by atoms with Crippen molar-refractivity contribution in [3.05, 3.63) is 47.3 Å². The van der Waals surface area contributed by atoms with Crippen molar-refractivity contribution in [1.82, 2.24) is 24.8 Å². The predicted molar refractivity (Wildman–Crippen MR) is 100 cm³/mol. The number of aryl methyl sites for hydroxylation is 2. The van der Waals surface area contributed by atoms with Crippen LogP contribution in [-0.4, -0.2) is 42.4 Å². The van der Waals surface area contributed by atoms with Crippen molar-refractivity contribution in [2.45, 2.75) is 37.8 Å². The summed E-state index contributed by atoms with van der Waals surface area (Å²) in [4.78, 5) is 13.0. The van der Waals surface area contributed by atoms with Gasteiger partial charge in [0.2, 0.25) is 5.16 Å². The van der Waals surface area contributed by atoms with Crippen molar-refractivity contribution in [3.8, 4) is 11.4 Å². The first-order chi connectivity index (χ1) is 13.3. The van der Waals surface area contributed by atoms with Crippen LogP contribution in [-0.2, 0) is 7.05 Å². The summed E-state index contributed by atoms with van der Waals surface area (Å²) in [5.74, 6) is 0.0461. The lowest BCUT2D eigenvalue weighted by molar-refractivity contribution is -0.0498. The summed E-state index contributed by atoms with van der Waals surface area (Å²) in [6.07, 6.45) is 0. The first kappa shape index (κ1) is 20.0. The van der Waals surface area contributed by atoms with Crippen LogP contribution in [0.25, 0.3) is 5.69 Å².